The summed E-state index contributed by atoms with van der Waals surface area (Å²) in [6.07, 6.45) is 8.98. The lowest BCUT2D eigenvalue weighted by Gasteiger charge is -2.51. The van der Waals surface area contributed by atoms with Crippen molar-refractivity contribution in [3.05, 3.63) is 0 Å². The first-order valence-electron chi connectivity index (χ1n) is 5.93. The van der Waals surface area contributed by atoms with Crippen LogP contribution in [-0.4, -0.2) is 5.54 Å². The van der Waals surface area contributed by atoms with Gasteiger partial charge in [0, 0.05) is 5.54 Å². The molecule has 1 aliphatic carbocycles. The van der Waals surface area contributed by atoms with Crippen molar-refractivity contribution >= 4 is 0 Å². The highest BCUT2D eigenvalue weighted by Crippen LogP contribution is 2.49. The Labute approximate surface area is 83.1 Å². The molecule has 1 rings (SSSR count). The molecule has 0 aromatic carbocycles. The fourth-order valence-electron chi connectivity index (χ4n) is 3.28. The molecule has 0 aromatic heterocycles. The summed E-state index contributed by atoms with van der Waals surface area (Å²) in [5, 5.41) is 0. The highest BCUT2D eigenvalue weighted by molar-refractivity contribution is 5.02. The van der Waals surface area contributed by atoms with Crippen LogP contribution in [0.1, 0.15) is 65.7 Å². The molecule has 1 aliphatic rings. The first kappa shape index (κ1) is 11.0. The number of hydrogen-bond acceptors (Lipinski definition) is 1. The van der Waals surface area contributed by atoms with Gasteiger partial charge in [0.2, 0.25) is 0 Å². The molecule has 0 amide bonds. The van der Waals surface area contributed by atoms with Gasteiger partial charge < -0.3 is 5.73 Å². The molecule has 0 heterocycles. The summed E-state index contributed by atoms with van der Waals surface area (Å²) in [5.41, 5.74) is 7.14. The maximum atomic E-state index is 6.56. The van der Waals surface area contributed by atoms with Crippen molar-refractivity contribution in [2.45, 2.75) is 71.3 Å². The molecule has 0 bridgehead atoms. The van der Waals surface area contributed by atoms with Crippen molar-refractivity contribution in [2.24, 2.45) is 11.1 Å². The monoisotopic (exact) mass is 183 g/mol. The topological polar surface area (TPSA) is 26.0 Å². The minimum absolute atomic E-state index is 0.134. The Hall–Kier alpha value is -0.0400. The quantitative estimate of drug-likeness (QED) is 0.712. The zero-order valence-corrected chi connectivity index (χ0v) is 9.53. The molecule has 0 saturated heterocycles. The Balaban J connectivity index is 2.87. The summed E-state index contributed by atoms with van der Waals surface area (Å²) in [4.78, 5) is 0. The highest BCUT2D eigenvalue weighted by Gasteiger charge is 2.46. The second-order valence-corrected chi connectivity index (χ2v) is 4.70. The number of hydrogen-bond donors (Lipinski definition) is 1. The van der Waals surface area contributed by atoms with Gasteiger partial charge in [-0.15, -0.1) is 0 Å². The van der Waals surface area contributed by atoms with E-state index in [1.54, 1.807) is 0 Å². The van der Waals surface area contributed by atoms with Crippen molar-refractivity contribution < 1.29 is 0 Å². The summed E-state index contributed by atoms with van der Waals surface area (Å²) >= 11 is 0. The minimum atomic E-state index is 0.134. The van der Waals surface area contributed by atoms with Crippen LogP contribution < -0.4 is 5.73 Å². The lowest BCUT2D eigenvalue weighted by molar-refractivity contribution is 0.0478. The lowest BCUT2D eigenvalue weighted by atomic mass is 9.58. The van der Waals surface area contributed by atoms with Crippen LogP contribution in [-0.2, 0) is 0 Å². The molecular formula is C12H25N. The van der Waals surface area contributed by atoms with Gasteiger partial charge in [0.1, 0.15) is 0 Å². The molecule has 1 atom stereocenters. The molecule has 1 fully saturated rings. The average molecular weight is 183 g/mol. The third-order valence-electron chi connectivity index (χ3n) is 4.57. The van der Waals surface area contributed by atoms with Crippen molar-refractivity contribution in [1.29, 1.82) is 0 Å². The van der Waals surface area contributed by atoms with Gasteiger partial charge in [-0.3, -0.25) is 0 Å². The normalized spacial score (nSPS) is 33.2. The summed E-state index contributed by atoms with van der Waals surface area (Å²) in [6, 6.07) is 0. The second kappa shape index (κ2) is 4.00. The van der Waals surface area contributed by atoms with E-state index in [0.717, 1.165) is 6.42 Å². The fraction of sp³-hybridized carbons (Fsp3) is 1.00. The molecule has 1 heteroatoms. The Bertz CT molecular complexity index is 161. The molecule has 0 radical (unpaired) electrons. The van der Waals surface area contributed by atoms with Gasteiger partial charge in [-0.2, -0.15) is 0 Å². The van der Waals surface area contributed by atoms with E-state index in [1.165, 1.54) is 38.5 Å². The van der Waals surface area contributed by atoms with Gasteiger partial charge in [0.05, 0.1) is 0 Å². The van der Waals surface area contributed by atoms with Gasteiger partial charge >= 0.3 is 0 Å². The predicted octanol–water partition coefficient (Wildman–Crippen LogP) is 3.47. The van der Waals surface area contributed by atoms with E-state index in [0.29, 0.717) is 5.41 Å². The van der Waals surface area contributed by atoms with Crippen LogP contribution in [0.25, 0.3) is 0 Å². The predicted molar refractivity (Wildman–Crippen MR) is 58.7 cm³/mol. The Kier molecular flexibility index (Phi) is 3.39. The Morgan fingerprint density at radius 2 is 1.46 bits per heavy atom. The minimum Gasteiger partial charge on any atom is -0.325 e. The molecule has 1 nitrogen and oxygen atoms in total. The van der Waals surface area contributed by atoms with Crippen LogP contribution in [0, 0.1) is 5.41 Å². The first-order chi connectivity index (χ1) is 6.14. The standard InChI is InChI=1S/C12H25N/c1-4-11(5-2)9-7-8-10-12(11,13)6-3/h4-10,13H2,1-3H3. The summed E-state index contributed by atoms with van der Waals surface area (Å²) in [6.45, 7) is 6.88. The third kappa shape index (κ3) is 1.63. The van der Waals surface area contributed by atoms with Crippen molar-refractivity contribution in [3.8, 4) is 0 Å². The van der Waals surface area contributed by atoms with Crippen molar-refractivity contribution in [1.82, 2.24) is 0 Å². The van der Waals surface area contributed by atoms with Crippen LogP contribution in [0.15, 0.2) is 0 Å². The van der Waals surface area contributed by atoms with E-state index in [1.807, 2.05) is 0 Å². The van der Waals surface area contributed by atoms with Crippen LogP contribution in [0.3, 0.4) is 0 Å². The van der Waals surface area contributed by atoms with Gasteiger partial charge in [-0.05, 0) is 37.5 Å². The van der Waals surface area contributed by atoms with Crippen LogP contribution in [0.2, 0.25) is 0 Å². The van der Waals surface area contributed by atoms with E-state index in [4.69, 9.17) is 5.73 Å². The van der Waals surface area contributed by atoms with Gasteiger partial charge in [-0.25, -0.2) is 0 Å². The molecule has 0 spiro atoms. The molecule has 2 N–H and O–H groups in total. The van der Waals surface area contributed by atoms with E-state index in [9.17, 15) is 0 Å². The summed E-state index contributed by atoms with van der Waals surface area (Å²) < 4.78 is 0. The summed E-state index contributed by atoms with van der Waals surface area (Å²) in [7, 11) is 0. The van der Waals surface area contributed by atoms with Crippen LogP contribution >= 0.6 is 0 Å². The zero-order valence-electron chi connectivity index (χ0n) is 9.53. The largest absolute Gasteiger partial charge is 0.325 e. The smallest absolute Gasteiger partial charge is 0.0208 e. The van der Waals surface area contributed by atoms with Crippen molar-refractivity contribution in [2.75, 3.05) is 0 Å². The molecule has 13 heavy (non-hydrogen) atoms. The van der Waals surface area contributed by atoms with E-state index >= 15 is 0 Å². The molecule has 0 aliphatic heterocycles. The molecular weight excluding hydrogens is 158 g/mol. The van der Waals surface area contributed by atoms with E-state index in [-0.39, 0.29) is 5.54 Å². The maximum Gasteiger partial charge on any atom is 0.0208 e. The molecule has 0 aromatic rings. The zero-order chi connectivity index (χ0) is 9.95. The second-order valence-electron chi connectivity index (χ2n) is 4.70. The third-order valence-corrected chi connectivity index (χ3v) is 4.57. The van der Waals surface area contributed by atoms with Crippen LogP contribution in [0.5, 0.6) is 0 Å². The summed E-state index contributed by atoms with van der Waals surface area (Å²) in [5.74, 6) is 0. The van der Waals surface area contributed by atoms with Crippen molar-refractivity contribution in [3.63, 3.8) is 0 Å². The van der Waals surface area contributed by atoms with Gasteiger partial charge in [0.15, 0.2) is 0 Å². The Morgan fingerprint density at radius 3 is 1.85 bits per heavy atom. The maximum absolute atomic E-state index is 6.56. The van der Waals surface area contributed by atoms with Gasteiger partial charge in [0.25, 0.3) is 0 Å². The lowest BCUT2D eigenvalue weighted by Crippen LogP contribution is -2.56. The molecule has 1 saturated carbocycles. The Morgan fingerprint density at radius 1 is 0.923 bits per heavy atom. The molecule has 78 valence electrons. The van der Waals surface area contributed by atoms with E-state index < -0.39 is 0 Å². The van der Waals surface area contributed by atoms with E-state index in [2.05, 4.69) is 20.8 Å². The fourth-order valence-corrected chi connectivity index (χ4v) is 3.28. The van der Waals surface area contributed by atoms with Crippen LogP contribution in [0.4, 0.5) is 0 Å². The SMILES string of the molecule is CCC1(N)CCCCC1(CC)CC. The first-order valence-corrected chi connectivity index (χ1v) is 5.93. The number of rotatable bonds is 3. The highest BCUT2D eigenvalue weighted by atomic mass is 14.8. The number of nitrogens with two attached hydrogens (primary N) is 1. The molecule has 1 unspecified atom stereocenters. The average Bonchev–Trinajstić information content (AvgIpc) is 2.19. The van der Waals surface area contributed by atoms with Gasteiger partial charge in [-0.1, -0.05) is 33.6 Å².